The minimum atomic E-state index is -0.215. The zero-order valence-electron chi connectivity index (χ0n) is 19.1. The lowest BCUT2D eigenvalue weighted by Crippen LogP contribution is -2.36. The van der Waals surface area contributed by atoms with Crippen molar-refractivity contribution in [3.8, 4) is 5.75 Å². The van der Waals surface area contributed by atoms with Crippen LogP contribution in [0.5, 0.6) is 5.75 Å². The van der Waals surface area contributed by atoms with Crippen LogP contribution in [0.25, 0.3) is 10.7 Å². The molecule has 0 unspecified atom stereocenters. The highest BCUT2D eigenvalue weighted by Crippen LogP contribution is 2.46. The number of ether oxygens (including phenoxy) is 1. The zero-order valence-corrected chi connectivity index (χ0v) is 21.5. The standard InChI is InChI=1S/C24H22N4O3S3/c1-25-16-12-15(31-4)10-11-17(16)33-23(25)19-21(30)28(13-14-8-6-5-7-9-14)22(34-19)18-20(29)27(3)24(32)26(18)2/h5-12H,13H2,1-4H3. The SMILES string of the molecule is COc1ccc2c(c1)N(C)C(=c1sc(=C3C(=O)N(C)C(=S)N3C)n(Cc3ccccc3)c1=O)S2. The molecule has 2 aliphatic rings. The van der Waals surface area contributed by atoms with Gasteiger partial charge in [-0.15, -0.1) is 11.3 Å². The molecule has 1 amide bonds. The summed E-state index contributed by atoms with van der Waals surface area (Å²) in [6.07, 6.45) is 0. The number of aromatic nitrogens is 1. The third kappa shape index (κ3) is 3.53. The second kappa shape index (κ2) is 8.61. The van der Waals surface area contributed by atoms with Crippen LogP contribution in [0, 0.1) is 0 Å². The maximum absolute atomic E-state index is 13.8. The van der Waals surface area contributed by atoms with E-state index in [4.69, 9.17) is 17.0 Å². The summed E-state index contributed by atoms with van der Waals surface area (Å²) in [5.41, 5.74) is 2.24. The van der Waals surface area contributed by atoms with E-state index in [1.807, 2.05) is 60.5 Å². The number of thiocarbonyl (C=S) groups is 1. The Hall–Kier alpha value is -3.08. The number of benzene rings is 2. The number of carbonyl (C=O) groups is 1. The van der Waals surface area contributed by atoms with Gasteiger partial charge in [-0.1, -0.05) is 42.1 Å². The maximum atomic E-state index is 13.8. The number of amides is 1. The molecule has 1 saturated heterocycles. The number of rotatable bonds is 3. The monoisotopic (exact) mass is 510 g/mol. The first kappa shape index (κ1) is 22.7. The lowest BCUT2D eigenvalue weighted by atomic mass is 10.2. The molecule has 1 aromatic heterocycles. The van der Waals surface area contributed by atoms with Gasteiger partial charge in [-0.05, 0) is 29.9 Å². The summed E-state index contributed by atoms with van der Waals surface area (Å²) in [5, 5.41) is 1.24. The van der Waals surface area contributed by atoms with Crippen LogP contribution in [0.15, 0.2) is 58.2 Å². The largest absolute Gasteiger partial charge is 0.497 e. The highest BCUT2D eigenvalue weighted by atomic mass is 32.2. The van der Waals surface area contributed by atoms with E-state index in [2.05, 4.69) is 0 Å². The van der Waals surface area contributed by atoms with E-state index in [1.54, 1.807) is 42.4 Å². The van der Waals surface area contributed by atoms with Crippen LogP contribution in [0.4, 0.5) is 5.69 Å². The molecular formula is C24H22N4O3S3. The molecule has 0 bridgehead atoms. The van der Waals surface area contributed by atoms with E-state index >= 15 is 0 Å². The van der Waals surface area contributed by atoms with Crippen molar-refractivity contribution < 1.29 is 9.53 Å². The van der Waals surface area contributed by atoms with Gasteiger partial charge in [0.15, 0.2) is 5.11 Å². The molecule has 3 heterocycles. The smallest absolute Gasteiger partial charge is 0.279 e. The van der Waals surface area contributed by atoms with Crippen LogP contribution in [0.1, 0.15) is 5.56 Å². The molecule has 2 aromatic carbocycles. The van der Waals surface area contributed by atoms with Gasteiger partial charge in [0.1, 0.15) is 25.7 Å². The second-order valence-electron chi connectivity index (χ2n) is 7.97. The fourth-order valence-electron chi connectivity index (χ4n) is 4.03. The Morgan fingerprint density at radius 1 is 0.971 bits per heavy atom. The van der Waals surface area contributed by atoms with Crippen molar-refractivity contribution in [2.45, 2.75) is 11.4 Å². The predicted octanol–water partition coefficient (Wildman–Crippen LogP) is 2.07. The molecule has 0 N–H and O–H groups in total. The molecular weight excluding hydrogens is 488 g/mol. The van der Waals surface area contributed by atoms with E-state index in [-0.39, 0.29) is 11.5 Å². The summed E-state index contributed by atoms with van der Waals surface area (Å²) >= 11 is 8.30. The van der Waals surface area contributed by atoms with Crippen LogP contribution < -0.4 is 24.4 Å². The highest BCUT2D eigenvalue weighted by Gasteiger charge is 2.35. The first-order valence-electron chi connectivity index (χ1n) is 10.5. The third-order valence-electron chi connectivity index (χ3n) is 5.92. The van der Waals surface area contributed by atoms with E-state index in [0.717, 1.165) is 26.9 Å². The van der Waals surface area contributed by atoms with E-state index in [0.29, 0.717) is 26.5 Å². The molecule has 5 rings (SSSR count). The zero-order chi connectivity index (χ0) is 24.1. The lowest BCUT2D eigenvalue weighted by Gasteiger charge is -2.13. The van der Waals surface area contributed by atoms with Crippen molar-refractivity contribution in [1.29, 1.82) is 0 Å². The van der Waals surface area contributed by atoms with Crippen molar-refractivity contribution in [3.05, 3.63) is 73.6 Å². The van der Waals surface area contributed by atoms with E-state index < -0.39 is 0 Å². The number of methoxy groups -OCH3 is 1. The van der Waals surface area contributed by atoms with Crippen molar-refractivity contribution in [2.24, 2.45) is 0 Å². The van der Waals surface area contributed by atoms with E-state index in [1.165, 1.54) is 16.2 Å². The number of carbonyl (C=O) groups excluding carboxylic acids is 1. The molecule has 2 aliphatic heterocycles. The van der Waals surface area contributed by atoms with Gasteiger partial charge in [0.25, 0.3) is 11.5 Å². The van der Waals surface area contributed by atoms with Crippen LogP contribution in [-0.2, 0) is 11.3 Å². The minimum Gasteiger partial charge on any atom is -0.497 e. The molecule has 1 fully saturated rings. The van der Waals surface area contributed by atoms with Gasteiger partial charge in [-0.2, -0.15) is 0 Å². The van der Waals surface area contributed by atoms with Crippen molar-refractivity contribution in [1.82, 2.24) is 14.4 Å². The molecule has 3 aromatic rings. The topological polar surface area (TPSA) is 58.0 Å². The van der Waals surface area contributed by atoms with Crippen LogP contribution in [0.2, 0.25) is 0 Å². The fourth-order valence-corrected chi connectivity index (χ4v) is 6.71. The summed E-state index contributed by atoms with van der Waals surface area (Å²) in [6.45, 7) is 0.356. The fraction of sp³-hybridized carbons (Fsp3) is 0.208. The van der Waals surface area contributed by atoms with Crippen molar-refractivity contribution >= 4 is 62.7 Å². The van der Waals surface area contributed by atoms with Crippen LogP contribution in [0.3, 0.4) is 0 Å². The number of hydrogen-bond acceptors (Lipinski definition) is 7. The Morgan fingerprint density at radius 2 is 1.71 bits per heavy atom. The maximum Gasteiger partial charge on any atom is 0.279 e. The van der Waals surface area contributed by atoms with Crippen LogP contribution in [-0.4, -0.2) is 53.6 Å². The first-order valence-corrected chi connectivity index (χ1v) is 12.5. The Labute approximate surface area is 210 Å². The van der Waals surface area contributed by atoms with Crippen molar-refractivity contribution in [3.63, 3.8) is 0 Å². The van der Waals surface area contributed by atoms with Gasteiger partial charge < -0.3 is 14.5 Å². The Balaban J connectivity index is 1.78. The highest BCUT2D eigenvalue weighted by molar-refractivity contribution is 8.08. The molecule has 0 spiro atoms. The van der Waals surface area contributed by atoms with Crippen LogP contribution >= 0.6 is 35.3 Å². The number of hydrogen-bond donors (Lipinski definition) is 0. The second-order valence-corrected chi connectivity index (χ2v) is 10.4. The molecule has 7 nitrogen and oxygen atoms in total. The van der Waals surface area contributed by atoms with E-state index in [9.17, 15) is 9.59 Å². The average molecular weight is 511 g/mol. The van der Waals surface area contributed by atoms with Gasteiger partial charge in [0.2, 0.25) is 0 Å². The summed E-state index contributed by atoms with van der Waals surface area (Å²) in [6, 6.07) is 15.6. The third-order valence-corrected chi connectivity index (χ3v) is 9.01. The summed E-state index contributed by atoms with van der Waals surface area (Å²) in [4.78, 5) is 33.1. The Kier molecular flexibility index (Phi) is 5.75. The van der Waals surface area contributed by atoms with Gasteiger partial charge >= 0.3 is 0 Å². The molecule has 0 saturated carbocycles. The molecule has 34 heavy (non-hydrogen) atoms. The minimum absolute atomic E-state index is 0.132. The Bertz CT molecular complexity index is 1510. The van der Waals surface area contributed by atoms with Gasteiger partial charge in [-0.3, -0.25) is 19.1 Å². The Morgan fingerprint density at radius 3 is 2.35 bits per heavy atom. The molecule has 0 radical (unpaired) electrons. The normalized spacial score (nSPS) is 18.8. The summed E-state index contributed by atoms with van der Waals surface area (Å²) in [7, 11) is 7.00. The number of anilines is 1. The molecule has 174 valence electrons. The van der Waals surface area contributed by atoms with Crippen molar-refractivity contribution in [2.75, 3.05) is 33.2 Å². The molecule has 10 heteroatoms. The quantitative estimate of drug-likeness (QED) is 0.500. The van der Waals surface area contributed by atoms with Gasteiger partial charge in [0.05, 0.1) is 19.3 Å². The summed E-state index contributed by atoms with van der Waals surface area (Å²) in [5.74, 6) is 0.540. The predicted molar refractivity (Wildman–Crippen MR) is 141 cm³/mol. The molecule has 0 atom stereocenters. The number of thiazole rings is 1. The van der Waals surface area contributed by atoms with Gasteiger partial charge in [-0.25, -0.2) is 0 Å². The summed E-state index contributed by atoms with van der Waals surface area (Å²) < 4.78 is 8.25. The number of nitrogens with zero attached hydrogens (tertiary/aromatic N) is 4. The van der Waals surface area contributed by atoms with Gasteiger partial charge in [0, 0.05) is 32.1 Å². The molecule has 0 aliphatic carbocycles. The first-order chi connectivity index (χ1) is 16.3. The average Bonchev–Trinajstić information content (AvgIpc) is 3.40. The number of thioether (sulfide) groups is 1. The number of fused-ring (bicyclic) bond motifs is 1. The lowest BCUT2D eigenvalue weighted by molar-refractivity contribution is -0.120. The number of likely N-dealkylation sites (N-methyl/N-ethyl adjacent to an activating group) is 2.